The van der Waals surface area contributed by atoms with E-state index >= 15 is 0 Å². The Morgan fingerprint density at radius 2 is 2.15 bits per heavy atom. The molecule has 1 fully saturated rings. The number of sulfonamides is 1. The van der Waals surface area contributed by atoms with Crippen molar-refractivity contribution in [3.8, 4) is 0 Å². The van der Waals surface area contributed by atoms with Gasteiger partial charge >= 0.3 is 0 Å². The second kappa shape index (κ2) is 7.75. The number of primary amides is 1. The van der Waals surface area contributed by atoms with Gasteiger partial charge in [-0.15, -0.1) is 0 Å². The van der Waals surface area contributed by atoms with Crippen LogP contribution in [0.15, 0.2) is 27.7 Å². The van der Waals surface area contributed by atoms with E-state index in [1.807, 2.05) is 6.07 Å². The lowest BCUT2D eigenvalue weighted by Crippen LogP contribution is -2.42. The van der Waals surface area contributed by atoms with Crippen molar-refractivity contribution in [3.05, 3.63) is 41.0 Å². The second-order valence-corrected chi connectivity index (χ2v) is 8.31. The summed E-state index contributed by atoms with van der Waals surface area (Å²) in [6, 6.07) is 3.63. The summed E-state index contributed by atoms with van der Waals surface area (Å²) in [7, 11) is -3.73. The number of amides is 1. The van der Waals surface area contributed by atoms with Crippen molar-refractivity contribution < 1.29 is 22.5 Å². The number of hydrogen-bond acceptors (Lipinski definition) is 7. The van der Waals surface area contributed by atoms with Crippen molar-refractivity contribution in [2.75, 3.05) is 19.7 Å². The molecule has 0 aromatic carbocycles. The monoisotopic (exact) mass is 394 g/mol. The Labute approximate surface area is 157 Å². The largest absolute Gasteiger partial charge is 0.370 e. The van der Waals surface area contributed by atoms with Gasteiger partial charge in [-0.2, -0.15) is 4.31 Å². The average molecular weight is 394 g/mol. The van der Waals surface area contributed by atoms with E-state index in [2.05, 4.69) is 10.1 Å². The van der Waals surface area contributed by atoms with Crippen LogP contribution in [0.4, 0.5) is 0 Å². The average Bonchev–Trinajstić information content (AvgIpc) is 2.99. The van der Waals surface area contributed by atoms with Crippen LogP contribution in [0.3, 0.4) is 0 Å². The molecular formula is C17H22N4O5S. The molecule has 1 aliphatic rings. The number of carbonyl (C=O) groups is 1. The highest BCUT2D eigenvalue weighted by atomic mass is 32.2. The summed E-state index contributed by atoms with van der Waals surface area (Å²) in [5.41, 5.74) is 7.01. The van der Waals surface area contributed by atoms with E-state index in [1.165, 1.54) is 4.31 Å². The van der Waals surface area contributed by atoms with Crippen molar-refractivity contribution >= 4 is 15.9 Å². The first-order valence-corrected chi connectivity index (χ1v) is 10.0. The molecule has 3 rings (SSSR count). The van der Waals surface area contributed by atoms with Crippen LogP contribution in [0.5, 0.6) is 0 Å². The van der Waals surface area contributed by atoms with E-state index in [-0.39, 0.29) is 42.7 Å². The fourth-order valence-electron chi connectivity index (χ4n) is 3.04. The number of aryl methyl sites for hydroxylation is 3. The minimum atomic E-state index is -3.73. The molecule has 2 N–H and O–H groups in total. The van der Waals surface area contributed by atoms with Gasteiger partial charge in [0.25, 0.3) is 0 Å². The molecular weight excluding hydrogens is 372 g/mol. The SMILES string of the molecule is Cc1noc(C)c1S(=O)(=O)N1CCOC(c2ccc(CCC(N)=O)cn2)C1. The molecule has 0 radical (unpaired) electrons. The summed E-state index contributed by atoms with van der Waals surface area (Å²) in [5.74, 6) is -0.0951. The maximum absolute atomic E-state index is 13.0. The minimum absolute atomic E-state index is 0.109. The van der Waals surface area contributed by atoms with Crippen LogP contribution in [-0.4, -0.2) is 48.5 Å². The zero-order chi connectivity index (χ0) is 19.6. The third-order valence-corrected chi connectivity index (χ3v) is 6.54. The van der Waals surface area contributed by atoms with E-state index in [9.17, 15) is 13.2 Å². The number of rotatable bonds is 6. The van der Waals surface area contributed by atoms with Crippen LogP contribution in [0.2, 0.25) is 0 Å². The molecule has 0 saturated carbocycles. The fraction of sp³-hybridized carbons (Fsp3) is 0.471. The van der Waals surface area contributed by atoms with Gasteiger partial charge in [0.2, 0.25) is 15.9 Å². The van der Waals surface area contributed by atoms with Crippen LogP contribution in [0.25, 0.3) is 0 Å². The van der Waals surface area contributed by atoms with E-state index in [0.717, 1.165) is 5.56 Å². The summed E-state index contributed by atoms with van der Waals surface area (Å²) in [5, 5.41) is 3.74. The van der Waals surface area contributed by atoms with Crippen LogP contribution in [-0.2, 0) is 26.0 Å². The topological polar surface area (TPSA) is 129 Å². The molecule has 3 heterocycles. The van der Waals surface area contributed by atoms with Crippen molar-refractivity contribution in [1.29, 1.82) is 0 Å². The van der Waals surface area contributed by atoms with Crippen LogP contribution >= 0.6 is 0 Å². The molecule has 2 aromatic rings. The van der Waals surface area contributed by atoms with Crippen molar-refractivity contribution in [3.63, 3.8) is 0 Å². The molecule has 1 atom stereocenters. The Morgan fingerprint density at radius 1 is 1.37 bits per heavy atom. The number of aromatic nitrogens is 2. The predicted molar refractivity (Wildman–Crippen MR) is 95.2 cm³/mol. The Balaban J connectivity index is 1.75. The van der Waals surface area contributed by atoms with Gasteiger partial charge in [0, 0.05) is 25.7 Å². The summed E-state index contributed by atoms with van der Waals surface area (Å²) < 4.78 is 38.1. The first kappa shape index (κ1) is 19.5. The van der Waals surface area contributed by atoms with Gasteiger partial charge in [-0.1, -0.05) is 11.2 Å². The van der Waals surface area contributed by atoms with E-state index in [0.29, 0.717) is 17.8 Å². The third kappa shape index (κ3) is 4.18. The predicted octanol–water partition coefficient (Wildman–Crippen LogP) is 0.867. The first-order valence-electron chi connectivity index (χ1n) is 8.57. The normalized spacial score (nSPS) is 18.5. The second-order valence-electron chi connectivity index (χ2n) is 6.43. The Morgan fingerprint density at radius 3 is 2.74 bits per heavy atom. The molecule has 2 aromatic heterocycles. The maximum Gasteiger partial charge on any atom is 0.248 e. The lowest BCUT2D eigenvalue weighted by atomic mass is 10.1. The summed E-state index contributed by atoms with van der Waals surface area (Å²) >= 11 is 0. The number of morpholine rings is 1. The van der Waals surface area contributed by atoms with Crippen molar-refractivity contribution in [1.82, 2.24) is 14.4 Å². The number of ether oxygens (including phenoxy) is 1. The molecule has 1 aliphatic heterocycles. The van der Waals surface area contributed by atoms with Crippen LogP contribution in [0, 0.1) is 13.8 Å². The highest BCUT2D eigenvalue weighted by Crippen LogP contribution is 2.28. The standard InChI is InChI=1S/C17H22N4O5S/c1-11-17(12(2)26-20-11)27(23,24)21-7-8-25-15(10-21)14-5-3-13(9-19-14)4-6-16(18)22/h3,5,9,15H,4,6-8,10H2,1-2H3,(H2,18,22). The van der Waals surface area contributed by atoms with E-state index < -0.39 is 16.1 Å². The highest BCUT2D eigenvalue weighted by molar-refractivity contribution is 7.89. The lowest BCUT2D eigenvalue weighted by Gasteiger charge is -2.31. The van der Waals surface area contributed by atoms with Gasteiger partial charge in [0.15, 0.2) is 5.76 Å². The summed E-state index contributed by atoms with van der Waals surface area (Å²) in [6.45, 7) is 3.85. The summed E-state index contributed by atoms with van der Waals surface area (Å²) in [6.07, 6.45) is 1.95. The van der Waals surface area contributed by atoms with E-state index in [4.69, 9.17) is 15.0 Å². The number of nitrogens with zero attached hydrogens (tertiary/aromatic N) is 3. The number of hydrogen-bond donors (Lipinski definition) is 1. The Hall–Kier alpha value is -2.30. The fourth-order valence-corrected chi connectivity index (χ4v) is 4.75. The molecule has 1 unspecified atom stereocenters. The van der Waals surface area contributed by atoms with Gasteiger partial charge in [-0.05, 0) is 31.9 Å². The molecule has 1 saturated heterocycles. The van der Waals surface area contributed by atoms with Gasteiger partial charge in [-0.3, -0.25) is 9.78 Å². The summed E-state index contributed by atoms with van der Waals surface area (Å²) in [4.78, 5) is 15.3. The third-order valence-electron chi connectivity index (χ3n) is 4.43. The van der Waals surface area contributed by atoms with Crippen LogP contribution in [0.1, 0.15) is 35.2 Å². The molecule has 0 aliphatic carbocycles. The van der Waals surface area contributed by atoms with Gasteiger partial charge in [0.05, 0.1) is 12.3 Å². The molecule has 1 amide bonds. The molecule has 9 nitrogen and oxygen atoms in total. The molecule has 0 bridgehead atoms. The van der Waals surface area contributed by atoms with Crippen molar-refractivity contribution in [2.24, 2.45) is 5.73 Å². The Bertz CT molecular complexity index is 904. The molecule has 10 heteroatoms. The zero-order valence-corrected chi connectivity index (χ0v) is 16.0. The van der Waals surface area contributed by atoms with Crippen LogP contribution < -0.4 is 5.73 Å². The lowest BCUT2D eigenvalue weighted by molar-refractivity contribution is -0.117. The first-order chi connectivity index (χ1) is 12.8. The van der Waals surface area contributed by atoms with Gasteiger partial charge in [-0.25, -0.2) is 8.42 Å². The molecule has 27 heavy (non-hydrogen) atoms. The van der Waals surface area contributed by atoms with Gasteiger partial charge in [0.1, 0.15) is 16.7 Å². The molecule has 0 spiro atoms. The number of nitrogens with two attached hydrogens (primary N) is 1. The zero-order valence-electron chi connectivity index (χ0n) is 15.2. The molecule has 146 valence electrons. The van der Waals surface area contributed by atoms with Gasteiger partial charge < -0.3 is 15.0 Å². The highest BCUT2D eigenvalue weighted by Gasteiger charge is 2.35. The van der Waals surface area contributed by atoms with Crippen molar-refractivity contribution in [2.45, 2.75) is 37.7 Å². The number of carbonyl (C=O) groups excluding carboxylic acids is 1. The minimum Gasteiger partial charge on any atom is -0.370 e. The smallest absolute Gasteiger partial charge is 0.248 e. The van der Waals surface area contributed by atoms with E-state index in [1.54, 1.807) is 26.1 Å². The maximum atomic E-state index is 13.0. The number of pyridine rings is 1. The Kier molecular flexibility index (Phi) is 5.59. The quantitative estimate of drug-likeness (QED) is 0.769.